The number of benzene rings is 1. The second kappa shape index (κ2) is 7.30. The van der Waals surface area contributed by atoms with Gasteiger partial charge in [0.15, 0.2) is 0 Å². The molecule has 20 heavy (non-hydrogen) atoms. The summed E-state index contributed by atoms with van der Waals surface area (Å²) in [5.41, 5.74) is 3.41. The Morgan fingerprint density at radius 2 is 2.15 bits per heavy atom. The quantitative estimate of drug-likeness (QED) is 0.643. The minimum Gasteiger partial charge on any atom is -0.353 e. The molecule has 0 radical (unpaired) electrons. The van der Waals surface area contributed by atoms with Gasteiger partial charge in [-0.15, -0.1) is 0 Å². The van der Waals surface area contributed by atoms with E-state index in [9.17, 15) is 4.79 Å². The number of fused-ring (bicyclic) bond motifs is 1. The van der Waals surface area contributed by atoms with Gasteiger partial charge in [0, 0.05) is 12.6 Å². The summed E-state index contributed by atoms with van der Waals surface area (Å²) >= 11 is 6.42. The molecule has 0 aromatic heterocycles. The first-order valence-corrected chi connectivity index (χ1v) is 7.53. The van der Waals surface area contributed by atoms with Gasteiger partial charge in [0.25, 0.3) is 0 Å². The maximum atomic E-state index is 11.6. The van der Waals surface area contributed by atoms with Crippen LogP contribution in [0.3, 0.4) is 0 Å². The number of carbonyl (C=O) groups excluding carboxylic acids is 1. The van der Waals surface area contributed by atoms with E-state index in [1.165, 1.54) is 5.56 Å². The van der Waals surface area contributed by atoms with Crippen molar-refractivity contribution in [3.63, 3.8) is 0 Å². The summed E-state index contributed by atoms with van der Waals surface area (Å²) in [6.07, 6.45) is 7.38. The van der Waals surface area contributed by atoms with Crippen LogP contribution in [0.15, 0.2) is 42.0 Å². The number of rotatable bonds is 5. The van der Waals surface area contributed by atoms with E-state index in [4.69, 9.17) is 11.6 Å². The number of aryl methyl sites for hydroxylation is 1. The molecule has 3 heteroatoms. The van der Waals surface area contributed by atoms with Crippen molar-refractivity contribution >= 4 is 22.5 Å². The van der Waals surface area contributed by atoms with Crippen LogP contribution in [0.4, 0.5) is 0 Å². The highest BCUT2D eigenvalue weighted by Gasteiger charge is 2.15. The maximum absolute atomic E-state index is 11.6. The lowest BCUT2D eigenvalue weighted by Crippen LogP contribution is -2.21. The molecule has 0 saturated heterocycles. The van der Waals surface area contributed by atoms with E-state index in [0.29, 0.717) is 0 Å². The maximum Gasteiger partial charge on any atom is 0.243 e. The number of hydrogen-bond acceptors (Lipinski definition) is 1. The van der Waals surface area contributed by atoms with Gasteiger partial charge in [-0.3, -0.25) is 4.79 Å². The van der Waals surface area contributed by atoms with E-state index >= 15 is 0 Å². The number of allylic oxidation sites excluding steroid dienone is 2. The van der Waals surface area contributed by atoms with E-state index in [2.05, 4.69) is 18.3 Å². The highest BCUT2D eigenvalue weighted by molar-refractivity contribution is 6.49. The van der Waals surface area contributed by atoms with Gasteiger partial charge in [-0.2, -0.15) is 0 Å². The van der Waals surface area contributed by atoms with Crippen molar-refractivity contribution in [3.05, 3.63) is 53.1 Å². The molecule has 2 nitrogen and oxygen atoms in total. The third-order valence-corrected chi connectivity index (χ3v) is 3.91. The lowest BCUT2D eigenvalue weighted by Gasteiger charge is -2.17. The van der Waals surface area contributed by atoms with Crippen molar-refractivity contribution in [2.24, 2.45) is 0 Å². The van der Waals surface area contributed by atoms with Crippen LogP contribution >= 0.6 is 11.6 Å². The predicted molar refractivity (Wildman–Crippen MR) is 84.6 cm³/mol. The monoisotopic (exact) mass is 289 g/mol. The van der Waals surface area contributed by atoms with Crippen molar-refractivity contribution in [2.45, 2.75) is 32.6 Å². The number of carbonyl (C=O) groups is 1. The Bertz CT molecular complexity index is 546. The fourth-order valence-corrected chi connectivity index (χ4v) is 2.63. The molecule has 0 heterocycles. The highest BCUT2D eigenvalue weighted by atomic mass is 35.5. The zero-order valence-electron chi connectivity index (χ0n) is 11.8. The van der Waals surface area contributed by atoms with Gasteiger partial charge in [0.05, 0.1) is 5.03 Å². The van der Waals surface area contributed by atoms with Gasteiger partial charge in [0.2, 0.25) is 5.91 Å². The smallest absolute Gasteiger partial charge is 0.243 e. The van der Waals surface area contributed by atoms with Crippen LogP contribution in [-0.4, -0.2) is 12.5 Å². The van der Waals surface area contributed by atoms with E-state index in [0.717, 1.165) is 48.4 Å². The minimum absolute atomic E-state index is 0.0470. The number of halogens is 1. The summed E-state index contributed by atoms with van der Waals surface area (Å²) < 4.78 is 0. The molecule has 0 atom stereocenters. The molecule has 1 aromatic carbocycles. The summed E-state index contributed by atoms with van der Waals surface area (Å²) in [5, 5.41) is 3.63. The molecule has 0 unspecified atom stereocenters. The Morgan fingerprint density at radius 3 is 2.95 bits per heavy atom. The SMILES string of the molecule is CCCCNC(=O)C=CC1=C(Cl)c2ccccc2CC1. The minimum atomic E-state index is -0.0470. The zero-order chi connectivity index (χ0) is 14.4. The molecule has 0 bridgehead atoms. The predicted octanol–water partition coefficient (Wildman–Crippen LogP) is 4.06. The summed E-state index contributed by atoms with van der Waals surface area (Å²) in [5.74, 6) is -0.0470. The molecule has 0 aliphatic heterocycles. The van der Waals surface area contributed by atoms with Crippen molar-refractivity contribution < 1.29 is 4.79 Å². The first-order chi connectivity index (χ1) is 9.72. The topological polar surface area (TPSA) is 29.1 Å². The van der Waals surface area contributed by atoms with Gasteiger partial charge in [-0.25, -0.2) is 0 Å². The Hall–Kier alpha value is -1.54. The van der Waals surface area contributed by atoms with Crippen LogP contribution in [0.25, 0.3) is 5.03 Å². The van der Waals surface area contributed by atoms with Crippen molar-refractivity contribution in [1.82, 2.24) is 5.32 Å². The Balaban J connectivity index is 2.05. The van der Waals surface area contributed by atoms with Crippen LogP contribution in [0.2, 0.25) is 0 Å². The molecule has 1 aliphatic rings. The third-order valence-electron chi connectivity index (χ3n) is 3.46. The summed E-state index contributed by atoms with van der Waals surface area (Å²) in [6.45, 7) is 2.83. The van der Waals surface area contributed by atoms with Gasteiger partial charge in [-0.1, -0.05) is 55.3 Å². The number of hydrogen-bond donors (Lipinski definition) is 1. The molecule has 2 rings (SSSR count). The Kier molecular flexibility index (Phi) is 5.42. The number of amides is 1. The second-order valence-corrected chi connectivity index (χ2v) is 5.35. The fourth-order valence-electron chi connectivity index (χ4n) is 2.28. The first kappa shape index (κ1) is 14.9. The van der Waals surface area contributed by atoms with Crippen molar-refractivity contribution in [2.75, 3.05) is 6.54 Å². The molecular formula is C17H20ClNO. The van der Waals surface area contributed by atoms with Crippen LogP contribution in [0.5, 0.6) is 0 Å². The van der Waals surface area contributed by atoms with Crippen LogP contribution in [-0.2, 0) is 11.2 Å². The highest BCUT2D eigenvalue weighted by Crippen LogP contribution is 2.34. The fraction of sp³-hybridized carbons (Fsp3) is 0.353. The molecule has 0 saturated carbocycles. The summed E-state index contributed by atoms with van der Waals surface area (Å²) in [6, 6.07) is 8.16. The lowest BCUT2D eigenvalue weighted by atomic mass is 9.92. The summed E-state index contributed by atoms with van der Waals surface area (Å²) in [4.78, 5) is 11.6. The van der Waals surface area contributed by atoms with Gasteiger partial charge >= 0.3 is 0 Å². The number of unbranched alkanes of at least 4 members (excludes halogenated alkanes) is 1. The molecule has 1 aliphatic carbocycles. The first-order valence-electron chi connectivity index (χ1n) is 7.15. The van der Waals surface area contributed by atoms with Gasteiger partial charge in [-0.05, 0) is 36.0 Å². The summed E-state index contributed by atoms with van der Waals surface area (Å²) in [7, 11) is 0. The molecule has 1 amide bonds. The van der Waals surface area contributed by atoms with Crippen molar-refractivity contribution in [3.8, 4) is 0 Å². The third kappa shape index (κ3) is 3.73. The van der Waals surface area contributed by atoms with Crippen LogP contribution in [0, 0.1) is 0 Å². The average Bonchev–Trinajstić information content (AvgIpc) is 2.47. The number of nitrogens with one attached hydrogen (secondary N) is 1. The van der Waals surface area contributed by atoms with Gasteiger partial charge < -0.3 is 5.32 Å². The Labute approximate surface area is 125 Å². The second-order valence-electron chi connectivity index (χ2n) is 4.97. The van der Waals surface area contributed by atoms with E-state index < -0.39 is 0 Å². The van der Waals surface area contributed by atoms with Gasteiger partial charge in [0.1, 0.15) is 0 Å². The molecule has 1 N–H and O–H groups in total. The zero-order valence-corrected chi connectivity index (χ0v) is 12.5. The normalized spacial score (nSPS) is 14.5. The van der Waals surface area contributed by atoms with Crippen molar-refractivity contribution in [1.29, 1.82) is 0 Å². The lowest BCUT2D eigenvalue weighted by molar-refractivity contribution is -0.116. The molecule has 0 fully saturated rings. The Morgan fingerprint density at radius 1 is 1.35 bits per heavy atom. The van der Waals surface area contributed by atoms with E-state index in [1.807, 2.05) is 24.3 Å². The molecule has 106 valence electrons. The molecular weight excluding hydrogens is 270 g/mol. The average molecular weight is 290 g/mol. The van der Waals surface area contributed by atoms with E-state index in [1.54, 1.807) is 6.08 Å². The molecule has 0 spiro atoms. The standard InChI is InChI=1S/C17H20ClNO/c1-2-3-12-19-16(20)11-10-14-9-8-13-6-4-5-7-15(13)17(14)18/h4-7,10-11H,2-3,8-9,12H2,1H3,(H,19,20). The largest absolute Gasteiger partial charge is 0.353 e. The van der Waals surface area contributed by atoms with Crippen LogP contribution in [0.1, 0.15) is 37.3 Å². The molecule has 1 aromatic rings. The van der Waals surface area contributed by atoms with Crippen LogP contribution < -0.4 is 5.32 Å². The van der Waals surface area contributed by atoms with E-state index in [-0.39, 0.29) is 5.91 Å².